The van der Waals surface area contributed by atoms with E-state index in [9.17, 15) is 8.42 Å². The second kappa shape index (κ2) is 6.55. The fraction of sp³-hybridized carbons (Fsp3) is 0.500. The van der Waals surface area contributed by atoms with E-state index in [0.717, 1.165) is 18.4 Å². The molecule has 0 aromatic heterocycles. The van der Waals surface area contributed by atoms with E-state index in [1.165, 1.54) is 0 Å². The molecule has 0 aliphatic carbocycles. The van der Waals surface area contributed by atoms with Gasteiger partial charge in [0.1, 0.15) is 0 Å². The van der Waals surface area contributed by atoms with Crippen LogP contribution in [0.2, 0.25) is 0 Å². The summed E-state index contributed by atoms with van der Waals surface area (Å²) in [6, 6.07) is 8.77. The van der Waals surface area contributed by atoms with Gasteiger partial charge in [0.15, 0.2) is 9.84 Å². The van der Waals surface area contributed by atoms with Gasteiger partial charge in [-0.05, 0) is 30.5 Å². The minimum atomic E-state index is -3.09. The molecule has 0 unspecified atom stereocenters. The summed E-state index contributed by atoms with van der Waals surface area (Å²) in [5, 5.41) is 8.44. The minimum Gasteiger partial charge on any atom is -0.228 e. The van der Waals surface area contributed by atoms with E-state index in [1.54, 1.807) is 24.3 Å². The zero-order valence-corrected chi connectivity index (χ0v) is 11.7. The van der Waals surface area contributed by atoms with Gasteiger partial charge >= 0.3 is 0 Å². The minimum absolute atomic E-state index is 0.0667. The normalized spacial score (nSPS) is 12.9. The molecular formula is C14H19NO2S. The Labute approximate surface area is 109 Å². The lowest BCUT2D eigenvalue weighted by atomic mass is 10.2. The quantitative estimate of drug-likeness (QED) is 0.794. The van der Waals surface area contributed by atoms with Gasteiger partial charge in [-0.15, -0.1) is 0 Å². The molecule has 0 radical (unpaired) electrons. The largest absolute Gasteiger partial charge is 0.228 e. The lowest BCUT2D eigenvalue weighted by molar-refractivity contribution is 0.563. The summed E-state index contributed by atoms with van der Waals surface area (Å²) in [5.74, 6) is 0.0667. The van der Waals surface area contributed by atoms with Crippen molar-refractivity contribution in [2.24, 2.45) is 0 Å². The summed E-state index contributed by atoms with van der Waals surface area (Å²) in [6.07, 6.45) is 2.26. The smallest absolute Gasteiger partial charge is 0.157 e. The first kappa shape index (κ1) is 14.7. The number of rotatable bonds is 6. The molecule has 0 N–H and O–H groups in total. The summed E-state index contributed by atoms with van der Waals surface area (Å²) in [4.78, 5) is 0. The van der Waals surface area contributed by atoms with E-state index in [4.69, 9.17) is 5.26 Å². The van der Waals surface area contributed by atoms with E-state index in [2.05, 4.69) is 0 Å². The van der Waals surface area contributed by atoms with Crippen molar-refractivity contribution in [3.63, 3.8) is 0 Å². The Bertz CT molecular complexity index is 512. The van der Waals surface area contributed by atoms with Crippen molar-refractivity contribution in [1.29, 1.82) is 5.26 Å². The predicted molar refractivity (Wildman–Crippen MR) is 72.8 cm³/mol. The summed E-state index contributed by atoms with van der Waals surface area (Å²) >= 11 is 0. The molecule has 0 bridgehead atoms. The number of nitrogens with zero attached hydrogens (tertiary/aromatic N) is 1. The Kier molecular flexibility index (Phi) is 5.36. The highest BCUT2D eigenvalue weighted by molar-refractivity contribution is 7.91. The molecule has 0 fully saturated rings. The van der Waals surface area contributed by atoms with Crippen LogP contribution in [-0.2, 0) is 15.6 Å². The monoisotopic (exact) mass is 265 g/mol. The maximum Gasteiger partial charge on any atom is 0.157 e. The lowest BCUT2D eigenvalue weighted by Gasteiger charge is -2.14. The van der Waals surface area contributed by atoms with Crippen LogP contribution in [0.3, 0.4) is 0 Å². The van der Waals surface area contributed by atoms with Gasteiger partial charge in [0.05, 0.1) is 22.6 Å². The van der Waals surface area contributed by atoms with Crippen molar-refractivity contribution >= 4 is 9.84 Å². The molecular weight excluding hydrogens is 246 g/mol. The zero-order valence-electron chi connectivity index (χ0n) is 10.9. The Balaban J connectivity index is 2.84. The van der Waals surface area contributed by atoms with Gasteiger partial charge in [-0.1, -0.05) is 32.4 Å². The lowest BCUT2D eigenvalue weighted by Crippen LogP contribution is -2.22. The number of benzene rings is 1. The van der Waals surface area contributed by atoms with Crippen molar-refractivity contribution in [1.82, 2.24) is 0 Å². The maximum absolute atomic E-state index is 12.2. The zero-order chi connectivity index (χ0) is 13.6. The molecule has 98 valence electrons. The van der Waals surface area contributed by atoms with E-state index < -0.39 is 9.84 Å². The Hall–Kier alpha value is -1.34. The van der Waals surface area contributed by atoms with Crippen LogP contribution in [0.5, 0.6) is 0 Å². The molecule has 0 saturated heterocycles. The fourth-order valence-electron chi connectivity index (χ4n) is 1.99. The summed E-state index contributed by atoms with van der Waals surface area (Å²) in [5.41, 5.74) is 1.31. The highest BCUT2D eigenvalue weighted by atomic mass is 32.2. The van der Waals surface area contributed by atoms with E-state index in [0.29, 0.717) is 12.0 Å². The third-order valence-corrected chi connectivity index (χ3v) is 5.35. The topological polar surface area (TPSA) is 57.9 Å². The molecule has 1 aromatic rings. The molecule has 0 amide bonds. The van der Waals surface area contributed by atoms with Crippen LogP contribution in [0.25, 0.3) is 0 Å². The van der Waals surface area contributed by atoms with Crippen LogP contribution >= 0.6 is 0 Å². The van der Waals surface area contributed by atoms with Gasteiger partial charge in [-0.25, -0.2) is 8.42 Å². The third-order valence-electron chi connectivity index (χ3n) is 3.02. The standard InChI is InChI=1S/C14H19NO2S/c1-3-5-14(4-2)18(16,17)11-13-8-6-12(10-15)7-9-13/h6-9,14H,3-5,11H2,1-2H3/t14-/m0/s1. The first-order valence-corrected chi connectivity index (χ1v) is 7.95. The number of hydrogen-bond acceptors (Lipinski definition) is 3. The van der Waals surface area contributed by atoms with Crippen molar-refractivity contribution in [3.8, 4) is 6.07 Å². The Morgan fingerprint density at radius 1 is 1.22 bits per heavy atom. The molecule has 0 saturated carbocycles. The van der Waals surface area contributed by atoms with E-state index in [1.807, 2.05) is 19.9 Å². The van der Waals surface area contributed by atoms with Gasteiger partial charge in [0.2, 0.25) is 0 Å². The molecule has 18 heavy (non-hydrogen) atoms. The van der Waals surface area contributed by atoms with Crippen LogP contribution < -0.4 is 0 Å². The molecule has 3 nitrogen and oxygen atoms in total. The summed E-state index contributed by atoms with van der Waals surface area (Å²) < 4.78 is 24.4. The van der Waals surface area contributed by atoms with Crippen molar-refractivity contribution in [2.75, 3.05) is 0 Å². The van der Waals surface area contributed by atoms with Gasteiger partial charge in [0.25, 0.3) is 0 Å². The molecule has 0 aliphatic heterocycles. The highest BCUT2D eigenvalue weighted by Crippen LogP contribution is 2.18. The Morgan fingerprint density at radius 3 is 2.28 bits per heavy atom. The van der Waals surface area contributed by atoms with Crippen molar-refractivity contribution in [3.05, 3.63) is 35.4 Å². The molecule has 0 spiro atoms. The number of sulfone groups is 1. The molecule has 1 aromatic carbocycles. The van der Waals surface area contributed by atoms with Gasteiger partial charge in [-0.3, -0.25) is 0 Å². The first-order chi connectivity index (χ1) is 8.53. The van der Waals surface area contributed by atoms with Crippen LogP contribution in [0.1, 0.15) is 44.2 Å². The van der Waals surface area contributed by atoms with Crippen LogP contribution in [0.15, 0.2) is 24.3 Å². The maximum atomic E-state index is 12.2. The second-order valence-electron chi connectivity index (χ2n) is 4.43. The molecule has 1 atom stereocenters. The SMILES string of the molecule is CCC[C@H](CC)S(=O)(=O)Cc1ccc(C#N)cc1. The van der Waals surface area contributed by atoms with Crippen LogP contribution in [0.4, 0.5) is 0 Å². The van der Waals surface area contributed by atoms with Gasteiger partial charge < -0.3 is 0 Å². The van der Waals surface area contributed by atoms with E-state index >= 15 is 0 Å². The van der Waals surface area contributed by atoms with Crippen LogP contribution in [-0.4, -0.2) is 13.7 Å². The highest BCUT2D eigenvalue weighted by Gasteiger charge is 2.23. The Morgan fingerprint density at radius 2 is 1.83 bits per heavy atom. The third kappa shape index (κ3) is 3.85. The predicted octanol–water partition coefficient (Wildman–Crippen LogP) is 3.05. The van der Waals surface area contributed by atoms with Crippen molar-refractivity contribution in [2.45, 2.75) is 44.1 Å². The summed E-state index contributed by atoms with van der Waals surface area (Å²) in [6.45, 7) is 3.91. The second-order valence-corrected chi connectivity index (χ2v) is 6.72. The fourth-order valence-corrected chi connectivity index (χ4v) is 3.98. The molecule has 1 rings (SSSR count). The van der Waals surface area contributed by atoms with E-state index in [-0.39, 0.29) is 11.0 Å². The van der Waals surface area contributed by atoms with Crippen molar-refractivity contribution < 1.29 is 8.42 Å². The molecule has 0 aliphatic rings. The first-order valence-electron chi connectivity index (χ1n) is 6.24. The number of hydrogen-bond donors (Lipinski definition) is 0. The average molecular weight is 265 g/mol. The average Bonchev–Trinajstić information content (AvgIpc) is 2.36. The van der Waals surface area contributed by atoms with Crippen LogP contribution in [0, 0.1) is 11.3 Å². The molecule has 0 heterocycles. The van der Waals surface area contributed by atoms with Gasteiger partial charge in [0, 0.05) is 0 Å². The van der Waals surface area contributed by atoms with Gasteiger partial charge in [-0.2, -0.15) is 5.26 Å². The summed E-state index contributed by atoms with van der Waals surface area (Å²) in [7, 11) is -3.09. The molecule has 4 heteroatoms. The number of nitriles is 1.